The van der Waals surface area contributed by atoms with E-state index in [1.807, 2.05) is 12.1 Å². The van der Waals surface area contributed by atoms with Crippen LogP contribution < -0.4 is 5.32 Å². The number of nitrogens with one attached hydrogen (secondary N) is 1. The molecule has 2 aromatic carbocycles. The molecule has 0 aliphatic heterocycles. The summed E-state index contributed by atoms with van der Waals surface area (Å²) in [5.74, 6) is -0.125. The number of rotatable bonds is 3. The van der Waals surface area contributed by atoms with Crippen LogP contribution in [0.4, 0.5) is 5.69 Å². The predicted molar refractivity (Wildman–Crippen MR) is 76.6 cm³/mol. The second-order valence-electron chi connectivity index (χ2n) is 3.95. The lowest BCUT2D eigenvalue weighted by molar-refractivity contribution is 0.476. The van der Waals surface area contributed by atoms with Crippen LogP contribution in [0.5, 0.6) is 5.75 Å². The van der Waals surface area contributed by atoms with E-state index in [1.54, 1.807) is 24.3 Å². The molecule has 2 aromatic rings. The van der Waals surface area contributed by atoms with Crippen molar-refractivity contribution in [3.05, 3.63) is 57.6 Å². The molecule has 0 aromatic heterocycles. The Kier molecular flexibility index (Phi) is 4.16. The number of hydrogen-bond acceptors (Lipinski definition) is 3. The number of nitriles is 1. The van der Waals surface area contributed by atoms with Crippen molar-refractivity contribution in [3.8, 4) is 11.8 Å². The fourth-order valence-corrected chi connectivity index (χ4v) is 2.11. The minimum absolute atomic E-state index is 0.125. The SMILES string of the molecule is N#Cc1cccc(CNc2cc(Cl)c(O)c(Cl)c2)c1. The molecule has 96 valence electrons. The van der Waals surface area contributed by atoms with E-state index in [-0.39, 0.29) is 15.8 Å². The van der Waals surface area contributed by atoms with E-state index < -0.39 is 0 Å². The molecular formula is C14H10Cl2N2O. The van der Waals surface area contributed by atoms with Crippen molar-refractivity contribution in [1.82, 2.24) is 0 Å². The molecule has 0 spiro atoms. The Morgan fingerprint density at radius 2 is 1.84 bits per heavy atom. The fourth-order valence-electron chi connectivity index (χ4n) is 1.62. The third-order valence-corrected chi connectivity index (χ3v) is 3.15. The largest absolute Gasteiger partial charge is 0.505 e. The summed E-state index contributed by atoms with van der Waals surface area (Å²) >= 11 is 11.7. The van der Waals surface area contributed by atoms with E-state index in [0.29, 0.717) is 17.8 Å². The van der Waals surface area contributed by atoms with Crippen LogP contribution in [0.2, 0.25) is 10.0 Å². The molecule has 0 aliphatic carbocycles. The van der Waals surface area contributed by atoms with Gasteiger partial charge in [-0.3, -0.25) is 0 Å². The molecule has 0 aliphatic rings. The molecular weight excluding hydrogens is 283 g/mol. The summed E-state index contributed by atoms with van der Waals surface area (Å²) in [7, 11) is 0. The van der Waals surface area contributed by atoms with E-state index in [9.17, 15) is 5.11 Å². The Morgan fingerprint density at radius 1 is 1.16 bits per heavy atom. The van der Waals surface area contributed by atoms with Crippen LogP contribution in [0, 0.1) is 11.3 Å². The molecule has 0 unspecified atom stereocenters. The number of phenolic OH excluding ortho intramolecular Hbond substituents is 1. The zero-order valence-electron chi connectivity index (χ0n) is 9.82. The number of benzene rings is 2. The first-order valence-corrected chi connectivity index (χ1v) is 6.26. The van der Waals surface area contributed by atoms with Crippen LogP contribution in [0.3, 0.4) is 0 Å². The van der Waals surface area contributed by atoms with E-state index in [1.165, 1.54) is 0 Å². The summed E-state index contributed by atoms with van der Waals surface area (Å²) in [6, 6.07) is 12.6. The van der Waals surface area contributed by atoms with Crippen molar-refractivity contribution in [1.29, 1.82) is 5.26 Å². The Hall–Kier alpha value is -1.89. The Bertz CT molecular complexity index is 627. The summed E-state index contributed by atoms with van der Waals surface area (Å²) in [6.45, 7) is 0.535. The lowest BCUT2D eigenvalue weighted by atomic mass is 10.1. The molecule has 2 rings (SSSR count). The monoisotopic (exact) mass is 292 g/mol. The Labute approximate surface area is 121 Å². The molecule has 0 radical (unpaired) electrons. The van der Waals surface area contributed by atoms with Gasteiger partial charge in [-0.25, -0.2) is 0 Å². The van der Waals surface area contributed by atoms with Crippen LogP contribution in [-0.4, -0.2) is 5.11 Å². The normalized spacial score (nSPS) is 9.95. The van der Waals surface area contributed by atoms with Gasteiger partial charge < -0.3 is 10.4 Å². The first-order valence-electron chi connectivity index (χ1n) is 5.51. The summed E-state index contributed by atoms with van der Waals surface area (Å²) < 4.78 is 0. The van der Waals surface area contributed by atoms with Crippen LogP contribution in [-0.2, 0) is 6.54 Å². The third kappa shape index (κ3) is 3.31. The van der Waals surface area contributed by atoms with Crippen LogP contribution in [0.1, 0.15) is 11.1 Å². The number of phenols is 1. The topological polar surface area (TPSA) is 56.0 Å². The molecule has 2 N–H and O–H groups in total. The quantitative estimate of drug-likeness (QED) is 0.834. The van der Waals surface area contributed by atoms with Gasteiger partial charge in [0.05, 0.1) is 21.7 Å². The maximum Gasteiger partial charge on any atom is 0.152 e. The molecule has 3 nitrogen and oxygen atoms in total. The van der Waals surface area contributed by atoms with Crippen molar-refractivity contribution < 1.29 is 5.11 Å². The average molecular weight is 293 g/mol. The fraction of sp³-hybridized carbons (Fsp3) is 0.0714. The molecule has 0 bridgehead atoms. The maximum absolute atomic E-state index is 9.46. The molecule has 0 saturated heterocycles. The minimum atomic E-state index is -0.125. The van der Waals surface area contributed by atoms with E-state index in [4.69, 9.17) is 28.5 Å². The van der Waals surface area contributed by atoms with Crippen LogP contribution in [0.15, 0.2) is 36.4 Å². The molecule has 0 amide bonds. The first kappa shape index (κ1) is 13.5. The van der Waals surface area contributed by atoms with Gasteiger partial charge in [0.15, 0.2) is 5.75 Å². The van der Waals surface area contributed by atoms with Gasteiger partial charge in [0.1, 0.15) is 0 Å². The summed E-state index contributed by atoms with van der Waals surface area (Å²) in [5, 5.41) is 21.8. The highest BCUT2D eigenvalue weighted by atomic mass is 35.5. The average Bonchev–Trinajstić information content (AvgIpc) is 2.42. The molecule has 0 atom stereocenters. The van der Waals surface area contributed by atoms with Gasteiger partial charge in [-0.05, 0) is 29.8 Å². The number of hydrogen-bond donors (Lipinski definition) is 2. The molecule has 19 heavy (non-hydrogen) atoms. The highest BCUT2D eigenvalue weighted by Gasteiger charge is 2.06. The van der Waals surface area contributed by atoms with Gasteiger partial charge in [-0.2, -0.15) is 5.26 Å². The molecule has 5 heteroatoms. The zero-order valence-corrected chi connectivity index (χ0v) is 11.3. The second-order valence-corrected chi connectivity index (χ2v) is 4.77. The van der Waals surface area contributed by atoms with Crippen molar-refractivity contribution in [2.45, 2.75) is 6.54 Å². The Morgan fingerprint density at radius 3 is 2.47 bits per heavy atom. The molecule has 0 saturated carbocycles. The van der Waals surface area contributed by atoms with Gasteiger partial charge in [0.25, 0.3) is 0 Å². The number of anilines is 1. The Balaban J connectivity index is 2.12. The van der Waals surface area contributed by atoms with Gasteiger partial charge in [-0.15, -0.1) is 0 Å². The highest BCUT2D eigenvalue weighted by Crippen LogP contribution is 2.34. The van der Waals surface area contributed by atoms with Gasteiger partial charge in [0.2, 0.25) is 0 Å². The van der Waals surface area contributed by atoms with Gasteiger partial charge in [0, 0.05) is 12.2 Å². The lowest BCUT2D eigenvalue weighted by Gasteiger charge is -2.09. The predicted octanol–water partition coefficient (Wildman–Crippen LogP) is 4.18. The molecule has 0 heterocycles. The van der Waals surface area contributed by atoms with Crippen molar-refractivity contribution in [3.63, 3.8) is 0 Å². The number of aromatic hydroxyl groups is 1. The first-order chi connectivity index (χ1) is 9.10. The van der Waals surface area contributed by atoms with Gasteiger partial charge >= 0.3 is 0 Å². The van der Waals surface area contributed by atoms with Crippen LogP contribution >= 0.6 is 23.2 Å². The maximum atomic E-state index is 9.46. The number of nitrogens with zero attached hydrogens (tertiary/aromatic N) is 1. The standard InChI is InChI=1S/C14H10Cl2N2O/c15-12-5-11(6-13(16)14(12)19)18-8-10-3-1-2-9(4-10)7-17/h1-6,18-19H,8H2. The van der Waals surface area contributed by atoms with Crippen molar-refractivity contribution >= 4 is 28.9 Å². The summed E-state index contributed by atoms with van der Waals surface area (Å²) in [6.07, 6.45) is 0. The van der Waals surface area contributed by atoms with Gasteiger partial charge in [-0.1, -0.05) is 35.3 Å². The summed E-state index contributed by atoms with van der Waals surface area (Å²) in [5.41, 5.74) is 2.29. The van der Waals surface area contributed by atoms with Crippen molar-refractivity contribution in [2.75, 3.05) is 5.32 Å². The third-order valence-electron chi connectivity index (χ3n) is 2.57. The summed E-state index contributed by atoms with van der Waals surface area (Å²) in [4.78, 5) is 0. The second kappa shape index (κ2) is 5.83. The van der Waals surface area contributed by atoms with E-state index in [2.05, 4.69) is 11.4 Å². The highest BCUT2D eigenvalue weighted by molar-refractivity contribution is 6.37. The molecule has 0 fully saturated rings. The number of halogens is 2. The van der Waals surface area contributed by atoms with E-state index in [0.717, 1.165) is 5.56 Å². The smallest absolute Gasteiger partial charge is 0.152 e. The van der Waals surface area contributed by atoms with Crippen molar-refractivity contribution in [2.24, 2.45) is 0 Å². The van der Waals surface area contributed by atoms with E-state index >= 15 is 0 Å². The lowest BCUT2D eigenvalue weighted by Crippen LogP contribution is -1.99. The zero-order chi connectivity index (χ0) is 13.8. The minimum Gasteiger partial charge on any atom is -0.505 e. The van der Waals surface area contributed by atoms with Crippen LogP contribution in [0.25, 0.3) is 0 Å².